The SMILES string of the molecule is C[n+]1ccn(CC[n+]2ccsc2)c1. The van der Waals surface area contributed by atoms with E-state index in [1.54, 1.807) is 11.3 Å². The molecule has 0 aliphatic rings. The van der Waals surface area contributed by atoms with Crippen molar-refractivity contribution >= 4 is 11.3 Å². The number of imidazole rings is 1. The summed E-state index contributed by atoms with van der Waals surface area (Å²) >= 11 is 1.73. The van der Waals surface area contributed by atoms with Gasteiger partial charge in [0.1, 0.15) is 18.9 Å². The normalized spacial score (nSPS) is 10.5. The molecule has 2 aromatic heterocycles. The van der Waals surface area contributed by atoms with Gasteiger partial charge in [0.05, 0.1) is 12.4 Å². The van der Waals surface area contributed by atoms with Gasteiger partial charge in [0.25, 0.3) is 0 Å². The van der Waals surface area contributed by atoms with Crippen LogP contribution in [0.15, 0.2) is 35.8 Å². The van der Waals surface area contributed by atoms with E-state index in [0.29, 0.717) is 0 Å². The monoisotopic (exact) mass is 195 g/mol. The van der Waals surface area contributed by atoms with Gasteiger partial charge in [0.15, 0.2) is 12.7 Å². The summed E-state index contributed by atoms with van der Waals surface area (Å²) < 4.78 is 6.44. The van der Waals surface area contributed by atoms with Crippen LogP contribution in [0.5, 0.6) is 0 Å². The molecule has 0 bridgehead atoms. The fourth-order valence-electron chi connectivity index (χ4n) is 1.25. The Morgan fingerprint density at radius 2 is 2.31 bits per heavy atom. The maximum atomic E-state index is 2.20. The highest BCUT2D eigenvalue weighted by Gasteiger charge is 2.04. The molecule has 2 heterocycles. The molecule has 0 saturated heterocycles. The second-order valence-corrected chi connectivity index (χ2v) is 3.84. The molecule has 4 heteroatoms. The van der Waals surface area contributed by atoms with Crippen LogP contribution in [0.2, 0.25) is 0 Å². The Morgan fingerprint density at radius 3 is 2.92 bits per heavy atom. The number of hydrogen-bond acceptors (Lipinski definition) is 1. The molecule has 0 aliphatic heterocycles. The Balaban J connectivity index is 1.93. The van der Waals surface area contributed by atoms with Gasteiger partial charge in [-0.1, -0.05) is 11.3 Å². The third kappa shape index (κ3) is 2.15. The molecule has 0 unspecified atom stereocenters. The van der Waals surface area contributed by atoms with Crippen molar-refractivity contribution in [2.75, 3.05) is 0 Å². The molecule has 0 N–H and O–H groups in total. The van der Waals surface area contributed by atoms with Gasteiger partial charge >= 0.3 is 0 Å². The molecule has 0 spiro atoms. The summed E-state index contributed by atoms with van der Waals surface area (Å²) in [6.07, 6.45) is 8.34. The summed E-state index contributed by atoms with van der Waals surface area (Å²) in [6.45, 7) is 2.07. The van der Waals surface area contributed by atoms with Crippen LogP contribution < -0.4 is 9.13 Å². The molecular weight excluding hydrogens is 182 g/mol. The Labute approximate surface area is 81.5 Å². The summed E-state index contributed by atoms with van der Waals surface area (Å²) in [7, 11) is 2.04. The second-order valence-electron chi connectivity index (χ2n) is 3.08. The quantitative estimate of drug-likeness (QED) is 0.627. The van der Waals surface area contributed by atoms with E-state index in [4.69, 9.17) is 0 Å². The Kier molecular flexibility index (Phi) is 2.40. The van der Waals surface area contributed by atoms with Crippen LogP contribution in [-0.2, 0) is 20.1 Å². The fourth-order valence-corrected chi connectivity index (χ4v) is 1.88. The fraction of sp³-hybridized carbons (Fsp3) is 0.333. The topological polar surface area (TPSA) is 12.7 Å². The van der Waals surface area contributed by atoms with E-state index in [1.165, 1.54) is 0 Å². The van der Waals surface area contributed by atoms with Gasteiger partial charge in [-0.15, -0.1) is 0 Å². The average Bonchev–Trinajstić information content (AvgIpc) is 2.71. The third-order valence-electron chi connectivity index (χ3n) is 1.97. The number of nitrogens with zero attached hydrogens (tertiary/aromatic N) is 3. The Bertz CT molecular complexity index is 364. The average molecular weight is 195 g/mol. The number of aryl methyl sites for hydroxylation is 3. The van der Waals surface area contributed by atoms with Gasteiger partial charge in [-0.05, 0) is 0 Å². The third-order valence-corrected chi connectivity index (χ3v) is 2.64. The minimum absolute atomic E-state index is 1.03. The van der Waals surface area contributed by atoms with Gasteiger partial charge < -0.3 is 0 Å². The van der Waals surface area contributed by atoms with Crippen molar-refractivity contribution in [2.24, 2.45) is 7.05 Å². The van der Waals surface area contributed by atoms with E-state index in [-0.39, 0.29) is 0 Å². The summed E-state index contributed by atoms with van der Waals surface area (Å²) in [5.74, 6) is 0. The van der Waals surface area contributed by atoms with E-state index < -0.39 is 0 Å². The number of hydrogen-bond donors (Lipinski definition) is 0. The number of thiazole rings is 1. The molecule has 0 amide bonds. The zero-order valence-corrected chi connectivity index (χ0v) is 8.44. The predicted molar refractivity (Wildman–Crippen MR) is 50.1 cm³/mol. The highest BCUT2D eigenvalue weighted by atomic mass is 32.1. The Hall–Kier alpha value is -1.16. The van der Waals surface area contributed by atoms with E-state index in [1.807, 2.05) is 7.05 Å². The molecule has 2 rings (SSSR count). The minimum atomic E-state index is 1.03. The lowest BCUT2D eigenvalue weighted by molar-refractivity contribution is -0.694. The van der Waals surface area contributed by atoms with Gasteiger partial charge in [-0.2, -0.15) is 4.57 Å². The molecule has 0 radical (unpaired) electrons. The lowest BCUT2D eigenvalue weighted by Crippen LogP contribution is -2.32. The van der Waals surface area contributed by atoms with Crippen LogP contribution in [0, 0.1) is 0 Å². The number of rotatable bonds is 3. The van der Waals surface area contributed by atoms with E-state index >= 15 is 0 Å². The standard InChI is InChI=1S/C9H13N3S/c1-10-2-3-11(8-10)4-5-12-6-7-13-9-12/h2-3,6-9H,4-5H2,1H3/q+2. The maximum Gasteiger partial charge on any atom is 0.243 e. The van der Waals surface area contributed by atoms with Crippen molar-refractivity contribution in [1.29, 1.82) is 0 Å². The molecule has 0 aromatic carbocycles. The van der Waals surface area contributed by atoms with Crippen LogP contribution >= 0.6 is 11.3 Å². The van der Waals surface area contributed by atoms with Gasteiger partial charge in [0.2, 0.25) is 11.8 Å². The van der Waals surface area contributed by atoms with Crippen LogP contribution in [0.3, 0.4) is 0 Å². The minimum Gasteiger partial charge on any atom is -0.240 e. The molecular formula is C9H13N3S+2. The van der Waals surface area contributed by atoms with Crippen molar-refractivity contribution in [3.63, 3.8) is 0 Å². The zero-order valence-electron chi connectivity index (χ0n) is 7.63. The summed E-state index contributed by atoms with van der Waals surface area (Å²) in [4.78, 5) is 0. The van der Waals surface area contributed by atoms with Crippen LogP contribution in [-0.4, -0.2) is 4.57 Å². The van der Waals surface area contributed by atoms with Gasteiger partial charge in [-0.25, -0.2) is 9.13 Å². The molecule has 2 aromatic rings. The molecule has 0 saturated carbocycles. The first-order valence-electron chi connectivity index (χ1n) is 4.27. The zero-order chi connectivity index (χ0) is 9.10. The first-order valence-corrected chi connectivity index (χ1v) is 5.21. The first kappa shape index (κ1) is 8.44. The van der Waals surface area contributed by atoms with E-state index in [2.05, 4.69) is 49.5 Å². The predicted octanol–water partition coefficient (Wildman–Crippen LogP) is 0.362. The molecule has 0 aliphatic carbocycles. The van der Waals surface area contributed by atoms with Crippen molar-refractivity contribution < 1.29 is 9.13 Å². The second kappa shape index (κ2) is 3.70. The van der Waals surface area contributed by atoms with Gasteiger partial charge in [-0.3, -0.25) is 0 Å². The number of aromatic nitrogens is 3. The highest BCUT2D eigenvalue weighted by Crippen LogP contribution is 1.89. The summed E-state index contributed by atoms with van der Waals surface area (Å²) in [5.41, 5.74) is 2.13. The maximum absolute atomic E-state index is 2.20. The van der Waals surface area contributed by atoms with Crippen molar-refractivity contribution in [3.8, 4) is 0 Å². The van der Waals surface area contributed by atoms with Crippen LogP contribution in [0.25, 0.3) is 0 Å². The first-order chi connectivity index (χ1) is 6.34. The van der Waals surface area contributed by atoms with E-state index in [9.17, 15) is 0 Å². The van der Waals surface area contributed by atoms with Gasteiger partial charge in [0, 0.05) is 0 Å². The molecule has 0 fully saturated rings. The largest absolute Gasteiger partial charge is 0.243 e. The molecule has 13 heavy (non-hydrogen) atoms. The van der Waals surface area contributed by atoms with Crippen molar-refractivity contribution in [1.82, 2.24) is 4.57 Å². The lowest BCUT2D eigenvalue weighted by Gasteiger charge is -1.89. The van der Waals surface area contributed by atoms with Crippen molar-refractivity contribution in [2.45, 2.75) is 13.1 Å². The molecule has 68 valence electrons. The van der Waals surface area contributed by atoms with Crippen LogP contribution in [0.4, 0.5) is 0 Å². The summed E-state index contributed by atoms with van der Waals surface area (Å²) in [6, 6.07) is 0. The Morgan fingerprint density at radius 1 is 1.38 bits per heavy atom. The summed E-state index contributed by atoms with van der Waals surface area (Å²) in [5, 5.41) is 2.09. The van der Waals surface area contributed by atoms with Crippen LogP contribution in [0.1, 0.15) is 0 Å². The smallest absolute Gasteiger partial charge is 0.240 e. The molecule has 3 nitrogen and oxygen atoms in total. The highest BCUT2D eigenvalue weighted by molar-refractivity contribution is 7.07. The molecule has 0 atom stereocenters. The lowest BCUT2D eigenvalue weighted by atomic mass is 10.6. The van der Waals surface area contributed by atoms with Crippen molar-refractivity contribution in [3.05, 3.63) is 35.8 Å². The van der Waals surface area contributed by atoms with E-state index in [0.717, 1.165) is 13.1 Å².